The van der Waals surface area contributed by atoms with Gasteiger partial charge in [-0.05, 0) is 47.5 Å². The van der Waals surface area contributed by atoms with Crippen LogP contribution in [-0.4, -0.2) is 29.9 Å². The van der Waals surface area contributed by atoms with Crippen molar-refractivity contribution in [3.8, 4) is 11.5 Å². The fourth-order valence-electron chi connectivity index (χ4n) is 3.52. The lowest BCUT2D eigenvalue weighted by Gasteiger charge is -2.23. The predicted octanol–water partition coefficient (Wildman–Crippen LogP) is 4.75. The molecule has 3 aromatic carbocycles. The van der Waals surface area contributed by atoms with Gasteiger partial charge >= 0.3 is 0 Å². The summed E-state index contributed by atoms with van der Waals surface area (Å²) < 4.78 is 53.2. The third-order valence-electron chi connectivity index (χ3n) is 5.35. The number of methoxy groups -OCH3 is 1. The average Bonchev–Trinajstić information content (AvgIpc) is 3.37. The van der Waals surface area contributed by atoms with E-state index in [-0.39, 0.29) is 37.0 Å². The minimum Gasteiger partial charge on any atom is -0.493 e. The number of nitrogens with zero attached hydrogens (tertiary/aromatic N) is 2. The molecule has 4 aromatic rings. The molecule has 1 N–H and O–H groups in total. The van der Waals surface area contributed by atoms with E-state index in [0.29, 0.717) is 33.3 Å². The Morgan fingerprint density at radius 1 is 0.972 bits per heavy atom. The van der Waals surface area contributed by atoms with Crippen LogP contribution in [0.4, 0.5) is 4.39 Å². The van der Waals surface area contributed by atoms with Crippen molar-refractivity contribution in [1.82, 2.24) is 9.29 Å². The monoisotopic (exact) mass is 528 g/mol. The van der Waals surface area contributed by atoms with Gasteiger partial charge in [0.05, 0.1) is 24.3 Å². The highest BCUT2D eigenvalue weighted by molar-refractivity contribution is 7.89. The Morgan fingerprint density at radius 3 is 2.33 bits per heavy atom. The second-order valence-corrected chi connectivity index (χ2v) is 10.8. The van der Waals surface area contributed by atoms with Crippen LogP contribution in [0, 0.1) is 5.82 Å². The number of ether oxygens (including phenoxy) is 2. The van der Waals surface area contributed by atoms with E-state index < -0.39 is 10.0 Å². The molecule has 0 unspecified atom stereocenters. The minimum atomic E-state index is -3.86. The Hall–Kier alpha value is -3.31. The number of rotatable bonds is 11. The Labute approximate surface area is 213 Å². The summed E-state index contributed by atoms with van der Waals surface area (Å²) >= 11 is 1.37. The Kier molecular flexibility index (Phi) is 8.32. The highest BCUT2D eigenvalue weighted by Gasteiger charge is 2.25. The van der Waals surface area contributed by atoms with E-state index in [9.17, 15) is 17.9 Å². The van der Waals surface area contributed by atoms with Crippen LogP contribution >= 0.6 is 11.3 Å². The van der Waals surface area contributed by atoms with Gasteiger partial charge in [0.15, 0.2) is 11.5 Å². The first kappa shape index (κ1) is 25.8. The molecule has 0 atom stereocenters. The van der Waals surface area contributed by atoms with Crippen LogP contribution in [0.25, 0.3) is 0 Å². The van der Waals surface area contributed by atoms with Gasteiger partial charge in [0.1, 0.15) is 17.4 Å². The molecule has 0 aliphatic heterocycles. The molecule has 0 spiro atoms. The van der Waals surface area contributed by atoms with Crippen LogP contribution in [0.1, 0.15) is 21.8 Å². The summed E-state index contributed by atoms with van der Waals surface area (Å²) in [6, 6.07) is 19.2. The zero-order valence-corrected chi connectivity index (χ0v) is 21.1. The molecular formula is C26H25FN2O5S2. The maximum Gasteiger partial charge on any atom is 0.243 e. The van der Waals surface area contributed by atoms with Crippen molar-refractivity contribution in [3.63, 3.8) is 0 Å². The molecule has 0 bridgehead atoms. The quantitative estimate of drug-likeness (QED) is 0.302. The maximum atomic E-state index is 13.5. The summed E-state index contributed by atoms with van der Waals surface area (Å²) in [5.41, 5.74) is 1.91. The van der Waals surface area contributed by atoms with Gasteiger partial charge in [-0.1, -0.05) is 36.4 Å². The van der Waals surface area contributed by atoms with E-state index in [2.05, 4.69) is 4.98 Å². The largest absolute Gasteiger partial charge is 0.493 e. The molecule has 1 aromatic heterocycles. The molecule has 0 fully saturated rings. The summed E-state index contributed by atoms with van der Waals surface area (Å²) in [5.74, 6) is 0.544. The smallest absolute Gasteiger partial charge is 0.243 e. The van der Waals surface area contributed by atoms with Crippen molar-refractivity contribution in [2.24, 2.45) is 0 Å². The Bertz CT molecular complexity index is 1390. The van der Waals surface area contributed by atoms with Gasteiger partial charge in [0.25, 0.3) is 0 Å². The molecule has 0 saturated heterocycles. The topological polar surface area (TPSA) is 89.0 Å². The third-order valence-corrected chi connectivity index (χ3v) is 8.03. The van der Waals surface area contributed by atoms with Gasteiger partial charge in [0, 0.05) is 18.5 Å². The van der Waals surface area contributed by atoms with Crippen LogP contribution in [0.3, 0.4) is 0 Å². The Morgan fingerprint density at radius 2 is 1.67 bits per heavy atom. The van der Waals surface area contributed by atoms with Crippen LogP contribution in [0.15, 0.2) is 83.1 Å². The van der Waals surface area contributed by atoms with E-state index in [0.717, 1.165) is 0 Å². The molecular weight excluding hydrogens is 503 g/mol. The molecule has 10 heteroatoms. The molecule has 1 heterocycles. The fraction of sp³-hybridized carbons (Fsp3) is 0.192. The van der Waals surface area contributed by atoms with Gasteiger partial charge in [-0.2, -0.15) is 4.31 Å². The highest BCUT2D eigenvalue weighted by Crippen LogP contribution is 2.31. The number of aliphatic hydroxyl groups excluding tert-OH is 1. The minimum absolute atomic E-state index is 0.0564. The molecule has 4 rings (SSSR count). The normalized spacial score (nSPS) is 11.6. The lowest BCUT2D eigenvalue weighted by Crippen LogP contribution is -2.30. The molecule has 0 amide bonds. The number of sulfonamides is 1. The zero-order chi connectivity index (χ0) is 25.5. The molecule has 0 aliphatic carbocycles. The van der Waals surface area contributed by atoms with Crippen LogP contribution < -0.4 is 9.47 Å². The van der Waals surface area contributed by atoms with Crippen molar-refractivity contribution in [3.05, 3.63) is 106 Å². The van der Waals surface area contributed by atoms with E-state index in [4.69, 9.17) is 9.47 Å². The van der Waals surface area contributed by atoms with Crippen molar-refractivity contribution >= 4 is 21.4 Å². The van der Waals surface area contributed by atoms with Gasteiger partial charge in [-0.15, -0.1) is 11.3 Å². The summed E-state index contributed by atoms with van der Waals surface area (Å²) in [5, 5.41) is 11.7. The number of halogens is 1. The SMILES string of the molecule is COc1ccc(CN(Cc2ccc(F)cc2)S(=O)(=O)c2ccccc2)cc1OCc1nc(CO)cs1. The predicted molar refractivity (Wildman–Crippen MR) is 135 cm³/mol. The standard InChI is InChI=1S/C26H25FN2O5S2/c1-33-24-12-9-20(13-25(24)34-17-26-28-22(16-30)18-35-26)15-29(14-19-7-10-21(27)11-8-19)36(31,32)23-5-3-2-4-6-23/h2-13,18,30H,14-17H2,1H3. The van der Waals surface area contributed by atoms with E-state index in [1.807, 2.05) is 0 Å². The van der Waals surface area contributed by atoms with E-state index in [1.54, 1.807) is 66.0 Å². The van der Waals surface area contributed by atoms with E-state index >= 15 is 0 Å². The maximum absolute atomic E-state index is 13.5. The number of aromatic nitrogens is 1. The zero-order valence-electron chi connectivity index (χ0n) is 19.5. The number of aliphatic hydroxyl groups is 1. The van der Waals surface area contributed by atoms with Crippen LogP contribution in [0.5, 0.6) is 11.5 Å². The van der Waals surface area contributed by atoms with Crippen LogP contribution in [-0.2, 0) is 36.3 Å². The second-order valence-electron chi connectivity index (χ2n) is 7.88. The van der Waals surface area contributed by atoms with Crippen LogP contribution in [0.2, 0.25) is 0 Å². The van der Waals surface area contributed by atoms with Crippen molar-refractivity contribution < 1.29 is 27.4 Å². The lowest BCUT2D eigenvalue weighted by molar-refractivity contribution is 0.271. The van der Waals surface area contributed by atoms with Gasteiger partial charge in [-0.3, -0.25) is 0 Å². The highest BCUT2D eigenvalue weighted by atomic mass is 32.2. The lowest BCUT2D eigenvalue weighted by atomic mass is 10.2. The number of hydrogen-bond acceptors (Lipinski definition) is 7. The van der Waals surface area contributed by atoms with Gasteiger partial charge in [0.2, 0.25) is 10.0 Å². The van der Waals surface area contributed by atoms with Gasteiger partial charge < -0.3 is 14.6 Å². The first-order valence-corrected chi connectivity index (χ1v) is 13.3. The third kappa shape index (κ3) is 6.27. The fourth-order valence-corrected chi connectivity index (χ4v) is 5.66. The summed E-state index contributed by atoms with van der Waals surface area (Å²) in [7, 11) is -2.33. The number of benzene rings is 3. The van der Waals surface area contributed by atoms with Crippen molar-refractivity contribution in [1.29, 1.82) is 0 Å². The van der Waals surface area contributed by atoms with Crippen molar-refractivity contribution in [2.75, 3.05) is 7.11 Å². The summed E-state index contributed by atoms with van der Waals surface area (Å²) in [6.45, 7) is 0.144. The first-order chi connectivity index (χ1) is 17.4. The molecule has 0 aliphatic rings. The van der Waals surface area contributed by atoms with Crippen molar-refractivity contribution in [2.45, 2.75) is 31.2 Å². The summed E-state index contributed by atoms with van der Waals surface area (Å²) in [6.07, 6.45) is 0. The average molecular weight is 529 g/mol. The summed E-state index contributed by atoms with van der Waals surface area (Å²) in [4.78, 5) is 4.44. The number of thiazole rings is 1. The van der Waals surface area contributed by atoms with E-state index in [1.165, 1.54) is 34.9 Å². The molecule has 0 radical (unpaired) electrons. The molecule has 7 nitrogen and oxygen atoms in total. The first-order valence-electron chi connectivity index (χ1n) is 11.0. The van der Waals surface area contributed by atoms with Gasteiger partial charge in [-0.25, -0.2) is 17.8 Å². The molecule has 36 heavy (non-hydrogen) atoms. The second kappa shape index (κ2) is 11.6. The number of hydrogen-bond donors (Lipinski definition) is 1. The molecule has 188 valence electrons. The Balaban J connectivity index is 1.61. The molecule has 0 saturated carbocycles.